The molecule has 1 aromatic carbocycles. The Hall–Kier alpha value is -1.91. The second-order valence-corrected chi connectivity index (χ2v) is 8.46. The summed E-state index contributed by atoms with van der Waals surface area (Å²) in [4.78, 5) is 0.0543. The number of hydrogen-bond donors (Lipinski definition) is 1. The minimum Gasteiger partial charge on any atom is -0.272 e. The van der Waals surface area contributed by atoms with Gasteiger partial charge in [0.2, 0.25) is 0 Å². The Kier molecular flexibility index (Phi) is 5.09. The molecule has 26 heavy (non-hydrogen) atoms. The van der Waals surface area contributed by atoms with Crippen LogP contribution in [0.3, 0.4) is 0 Å². The van der Waals surface area contributed by atoms with Crippen molar-refractivity contribution in [3.05, 3.63) is 57.2 Å². The quantitative estimate of drug-likeness (QED) is 0.630. The maximum Gasteiger partial charge on any atom is 0.266 e. The maximum atomic E-state index is 13.9. The van der Waals surface area contributed by atoms with Crippen LogP contribution in [0.2, 0.25) is 5.02 Å². The minimum absolute atomic E-state index is 0.0533. The van der Waals surface area contributed by atoms with Crippen LogP contribution in [0.5, 0.6) is 0 Å². The van der Waals surface area contributed by atoms with Gasteiger partial charge in [0.25, 0.3) is 10.0 Å². The van der Waals surface area contributed by atoms with E-state index in [2.05, 4.69) is 30.8 Å². The topological polar surface area (TPSA) is 81.8 Å². The lowest BCUT2D eigenvalue weighted by molar-refractivity contribution is 0.585. The van der Waals surface area contributed by atoms with Crippen LogP contribution in [0.15, 0.2) is 40.0 Å². The average Bonchev–Trinajstić information content (AvgIpc) is 3.06. The van der Waals surface area contributed by atoms with Crippen molar-refractivity contribution < 1.29 is 12.8 Å². The number of hydrogen-bond acceptors (Lipinski definition) is 4. The fraction of sp³-hybridized carbons (Fsp3) is 0.200. The highest BCUT2D eigenvalue weighted by Crippen LogP contribution is 2.26. The number of anilines is 1. The Balaban J connectivity index is 1.88. The molecule has 2 heterocycles. The molecular formula is C15H14BrClFN5O2S. The van der Waals surface area contributed by atoms with Crippen LogP contribution < -0.4 is 4.72 Å². The third kappa shape index (κ3) is 3.62. The molecule has 0 amide bonds. The standard InChI is InChI=1S/C15H14BrClFN5O2S/c1-9-14(6-19-22(9)2)26(24,25)21-15-11(16)8-23(20-15)7-10-12(17)4-3-5-13(10)18/h3-6,8H,7H2,1-2H3,(H,20,21). The summed E-state index contributed by atoms with van der Waals surface area (Å²) in [5.41, 5.74) is 0.757. The highest BCUT2D eigenvalue weighted by Gasteiger charge is 2.23. The molecule has 0 saturated carbocycles. The first-order valence-electron chi connectivity index (χ1n) is 7.36. The van der Waals surface area contributed by atoms with Gasteiger partial charge in [0, 0.05) is 23.8 Å². The van der Waals surface area contributed by atoms with Crippen molar-refractivity contribution in [3.63, 3.8) is 0 Å². The van der Waals surface area contributed by atoms with E-state index in [-0.39, 0.29) is 27.8 Å². The van der Waals surface area contributed by atoms with Gasteiger partial charge in [0.1, 0.15) is 10.7 Å². The third-order valence-electron chi connectivity index (χ3n) is 3.81. The molecule has 0 aliphatic carbocycles. The average molecular weight is 463 g/mol. The zero-order chi connectivity index (χ0) is 19.1. The van der Waals surface area contributed by atoms with E-state index in [1.165, 1.54) is 33.9 Å². The SMILES string of the molecule is Cc1c(S(=O)(=O)Nc2nn(Cc3c(F)cccc3Cl)cc2Br)cnn1C. The number of benzene rings is 1. The summed E-state index contributed by atoms with van der Waals surface area (Å²) in [5, 5.41) is 8.36. The summed E-state index contributed by atoms with van der Waals surface area (Å²) >= 11 is 9.28. The van der Waals surface area contributed by atoms with Crippen molar-refractivity contribution in [1.82, 2.24) is 19.6 Å². The van der Waals surface area contributed by atoms with E-state index in [1.807, 2.05) is 0 Å². The largest absolute Gasteiger partial charge is 0.272 e. The van der Waals surface area contributed by atoms with E-state index in [0.29, 0.717) is 10.2 Å². The molecule has 0 bridgehead atoms. The molecule has 0 aliphatic rings. The predicted octanol–water partition coefficient (Wildman–Crippen LogP) is 3.33. The van der Waals surface area contributed by atoms with Crippen molar-refractivity contribution in [2.45, 2.75) is 18.4 Å². The zero-order valence-corrected chi connectivity index (χ0v) is 16.9. The van der Waals surface area contributed by atoms with Gasteiger partial charge in [0.15, 0.2) is 5.82 Å². The molecule has 0 fully saturated rings. The maximum absolute atomic E-state index is 13.9. The molecule has 2 aromatic heterocycles. The van der Waals surface area contributed by atoms with E-state index in [0.717, 1.165) is 0 Å². The Morgan fingerprint density at radius 1 is 1.38 bits per heavy atom. The highest BCUT2D eigenvalue weighted by molar-refractivity contribution is 9.10. The fourth-order valence-electron chi connectivity index (χ4n) is 2.32. The molecule has 7 nitrogen and oxygen atoms in total. The second-order valence-electron chi connectivity index (χ2n) is 5.55. The van der Waals surface area contributed by atoms with Gasteiger partial charge in [-0.1, -0.05) is 17.7 Å². The van der Waals surface area contributed by atoms with Crippen molar-refractivity contribution in [3.8, 4) is 0 Å². The summed E-state index contributed by atoms with van der Waals surface area (Å²) in [5.74, 6) is -0.377. The van der Waals surface area contributed by atoms with E-state index in [9.17, 15) is 12.8 Å². The number of aromatic nitrogens is 4. The van der Waals surface area contributed by atoms with E-state index < -0.39 is 15.8 Å². The number of sulfonamides is 1. The van der Waals surface area contributed by atoms with E-state index >= 15 is 0 Å². The van der Waals surface area contributed by atoms with Gasteiger partial charge in [-0.3, -0.25) is 14.1 Å². The second kappa shape index (κ2) is 7.01. The molecule has 0 radical (unpaired) electrons. The van der Waals surface area contributed by atoms with Crippen LogP contribution in [-0.4, -0.2) is 28.0 Å². The van der Waals surface area contributed by atoms with Crippen LogP contribution in [0.4, 0.5) is 10.2 Å². The van der Waals surface area contributed by atoms with Gasteiger partial charge in [-0.15, -0.1) is 0 Å². The lowest BCUT2D eigenvalue weighted by atomic mass is 10.2. The zero-order valence-electron chi connectivity index (χ0n) is 13.7. The van der Waals surface area contributed by atoms with Crippen molar-refractivity contribution >= 4 is 43.4 Å². The molecule has 1 N–H and O–H groups in total. The molecule has 11 heteroatoms. The lowest BCUT2D eigenvalue weighted by Gasteiger charge is -2.07. The van der Waals surface area contributed by atoms with E-state index in [4.69, 9.17) is 11.6 Å². The lowest BCUT2D eigenvalue weighted by Crippen LogP contribution is -2.15. The fourth-order valence-corrected chi connectivity index (χ4v) is 4.31. The molecule has 0 atom stereocenters. The van der Waals surface area contributed by atoms with Gasteiger partial charge in [-0.2, -0.15) is 10.2 Å². The minimum atomic E-state index is -3.86. The third-order valence-corrected chi connectivity index (χ3v) is 6.19. The van der Waals surface area contributed by atoms with Gasteiger partial charge in [-0.05, 0) is 35.0 Å². The molecule has 0 unspecified atom stereocenters. The van der Waals surface area contributed by atoms with Crippen LogP contribution in [0, 0.1) is 12.7 Å². The number of nitrogens with zero attached hydrogens (tertiary/aromatic N) is 4. The Morgan fingerprint density at radius 3 is 2.73 bits per heavy atom. The number of halogens is 3. The summed E-state index contributed by atoms with van der Waals surface area (Å²) in [6.45, 7) is 1.70. The first-order valence-corrected chi connectivity index (χ1v) is 10.0. The van der Waals surface area contributed by atoms with Crippen LogP contribution >= 0.6 is 27.5 Å². The van der Waals surface area contributed by atoms with Crippen LogP contribution in [0.25, 0.3) is 0 Å². The summed E-state index contributed by atoms with van der Waals surface area (Å²) < 4.78 is 44.7. The van der Waals surface area contributed by atoms with Gasteiger partial charge in [-0.25, -0.2) is 12.8 Å². The molecule has 138 valence electrons. The van der Waals surface area contributed by atoms with Gasteiger partial charge < -0.3 is 0 Å². The first-order chi connectivity index (χ1) is 12.2. The smallest absolute Gasteiger partial charge is 0.266 e. The van der Waals surface area contributed by atoms with Crippen LogP contribution in [0.1, 0.15) is 11.3 Å². The summed E-state index contributed by atoms with van der Waals surface area (Å²) in [6.07, 6.45) is 2.80. The number of aryl methyl sites for hydroxylation is 1. The molecule has 0 aliphatic heterocycles. The Morgan fingerprint density at radius 2 is 2.12 bits per heavy atom. The highest BCUT2D eigenvalue weighted by atomic mass is 79.9. The number of nitrogens with one attached hydrogen (secondary N) is 1. The Labute approximate surface area is 163 Å². The molecule has 0 spiro atoms. The summed E-state index contributed by atoms with van der Waals surface area (Å²) in [6, 6.07) is 4.39. The monoisotopic (exact) mass is 461 g/mol. The molecule has 3 aromatic rings. The van der Waals surface area contributed by atoms with Gasteiger partial charge in [0.05, 0.1) is 22.9 Å². The molecule has 0 saturated heterocycles. The van der Waals surface area contributed by atoms with E-state index in [1.54, 1.807) is 20.0 Å². The van der Waals surface area contributed by atoms with Crippen LogP contribution in [-0.2, 0) is 23.6 Å². The molecule has 3 rings (SSSR count). The number of rotatable bonds is 5. The first kappa shape index (κ1) is 18.9. The predicted molar refractivity (Wildman–Crippen MR) is 99.2 cm³/mol. The van der Waals surface area contributed by atoms with Crippen molar-refractivity contribution in [1.29, 1.82) is 0 Å². The van der Waals surface area contributed by atoms with Crippen molar-refractivity contribution in [2.75, 3.05) is 4.72 Å². The van der Waals surface area contributed by atoms with Gasteiger partial charge >= 0.3 is 0 Å². The summed E-state index contributed by atoms with van der Waals surface area (Å²) in [7, 11) is -2.21. The molecular weight excluding hydrogens is 449 g/mol. The Bertz CT molecular complexity index is 1060. The normalized spacial score (nSPS) is 11.7. The van der Waals surface area contributed by atoms with Crippen molar-refractivity contribution in [2.24, 2.45) is 7.05 Å².